The molecular formula is C16H13BrClN2S+. The molecule has 5 heteroatoms. The van der Waals surface area contributed by atoms with E-state index >= 15 is 0 Å². The van der Waals surface area contributed by atoms with Gasteiger partial charge in [0, 0.05) is 20.0 Å². The van der Waals surface area contributed by atoms with Crippen molar-refractivity contribution in [2.24, 2.45) is 7.05 Å². The van der Waals surface area contributed by atoms with Gasteiger partial charge in [-0.15, -0.1) is 4.68 Å². The van der Waals surface area contributed by atoms with Crippen molar-refractivity contribution in [3.63, 3.8) is 0 Å². The Bertz CT molecular complexity index is 751. The van der Waals surface area contributed by atoms with Crippen LogP contribution in [0.3, 0.4) is 0 Å². The predicted octanol–water partition coefficient (Wildman–Crippen LogP) is 5.07. The molecule has 0 fully saturated rings. The summed E-state index contributed by atoms with van der Waals surface area (Å²) in [4.78, 5) is 2.35. The fraction of sp³-hybridized carbons (Fsp3) is 0.0625. The summed E-state index contributed by atoms with van der Waals surface area (Å²) in [6.07, 6.45) is 2.02. The molecule has 3 rings (SSSR count). The van der Waals surface area contributed by atoms with E-state index in [4.69, 9.17) is 11.6 Å². The smallest absolute Gasteiger partial charge is 0.172 e. The van der Waals surface area contributed by atoms with Crippen LogP contribution in [0.15, 0.2) is 69.0 Å². The minimum Gasteiger partial charge on any atom is -0.172 e. The first-order valence-electron chi connectivity index (χ1n) is 6.40. The minimum absolute atomic E-state index is 0.757. The maximum Gasteiger partial charge on any atom is 0.251 e. The Morgan fingerprint density at radius 1 is 1.05 bits per heavy atom. The SMILES string of the molecule is C[n+]1[nH]cc(Sc2ccc(Cl)cc2)c1-c1ccc(Br)cc1. The number of hydrogen-bond donors (Lipinski definition) is 1. The number of nitrogens with one attached hydrogen (secondary N) is 1. The summed E-state index contributed by atoms with van der Waals surface area (Å²) >= 11 is 11.1. The molecule has 0 aliphatic carbocycles. The summed E-state index contributed by atoms with van der Waals surface area (Å²) in [7, 11) is 2.02. The molecule has 0 aliphatic rings. The van der Waals surface area contributed by atoms with Gasteiger partial charge in [0.05, 0.1) is 6.20 Å². The summed E-state index contributed by atoms with van der Waals surface area (Å²) in [5.74, 6) is 0. The van der Waals surface area contributed by atoms with E-state index in [1.807, 2.05) is 42.2 Å². The van der Waals surface area contributed by atoms with Crippen molar-refractivity contribution in [1.29, 1.82) is 0 Å². The maximum absolute atomic E-state index is 5.94. The monoisotopic (exact) mass is 379 g/mol. The maximum atomic E-state index is 5.94. The van der Waals surface area contributed by atoms with E-state index < -0.39 is 0 Å². The van der Waals surface area contributed by atoms with Gasteiger partial charge < -0.3 is 0 Å². The van der Waals surface area contributed by atoms with E-state index in [0.29, 0.717) is 0 Å². The Morgan fingerprint density at radius 3 is 2.38 bits per heavy atom. The Morgan fingerprint density at radius 2 is 1.71 bits per heavy atom. The van der Waals surface area contributed by atoms with Crippen LogP contribution < -0.4 is 4.68 Å². The lowest BCUT2D eigenvalue weighted by Crippen LogP contribution is -2.31. The number of aromatic amines is 1. The Kier molecular flexibility index (Phi) is 4.38. The van der Waals surface area contributed by atoms with Crippen LogP contribution in [0, 0.1) is 0 Å². The van der Waals surface area contributed by atoms with Gasteiger partial charge in [-0.25, -0.2) is 0 Å². The van der Waals surface area contributed by atoms with Crippen molar-refractivity contribution in [3.05, 3.63) is 64.2 Å². The standard InChI is InChI=1S/C16H12BrClN2S/c1-20-16(11-2-4-12(17)5-3-11)15(10-19-20)21-14-8-6-13(18)7-9-14/h2-10H,1H3/p+1. The third-order valence-electron chi connectivity index (χ3n) is 3.12. The summed E-state index contributed by atoms with van der Waals surface area (Å²) in [5.41, 5.74) is 2.35. The van der Waals surface area contributed by atoms with Crippen LogP contribution in [0.25, 0.3) is 11.3 Å². The van der Waals surface area contributed by atoms with Crippen molar-refractivity contribution in [2.45, 2.75) is 9.79 Å². The van der Waals surface area contributed by atoms with Gasteiger partial charge in [-0.2, -0.15) is 5.10 Å². The quantitative estimate of drug-likeness (QED) is 0.629. The van der Waals surface area contributed by atoms with E-state index in [9.17, 15) is 0 Å². The Labute approximate surface area is 141 Å². The predicted molar refractivity (Wildman–Crippen MR) is 90.7 cm³/mol. The van der Waals surface area contributed by atoms with Crippen molar-refractivity contribution < 1.29 is 4.68 Å². The normalized spacial score (nSPS) is 10.8. The van der Waals surface area contributed by atoms with Crippen LogP contribution in [0.4, 0.5) is 0 Å². The van der Waals surface area contributed by atoms with Gasteiger partial charge in [0.25, 0.3) is 5.69 Å². The van der Waals surface area contributed by atoms with E-state index in [1.54, 1.807) is 11.8 Å². The summed E-state index contributed by atoms with van der Waals surface area (Å²) < 4.78 is 3.11. The highest BCUT2D eigenvalue weighted by Gasteiger charge is 2.19. The first-order valence-corrected chi connectivity index (χ1v) is 8.39. The number of benzene rings is 2. The average molecular weight is 381 g/mol. The van der Waals surface area contributed by atoms with Crippen LogP contribution in [0.1, 0.15) is 0 Å². The molecule has 106 valence electrons. The molecule has 0 spiro atoms. The topological polar surface area (TPSA) is 19.7 Å². The second kappa shape index (κ2) is 6.26. The van der Waals surface area contributed by atoms with Gasteiger partial charge in [-0.05, 0) is 48.5 Å². The molecule has 2 nitrogen and oxygen atoms in total. The zero-order valence-corrected chi connectivity index (χ0v) is 14.5. The summed E-state index contributed by atoms with van der Waals surface area (Å²) in [6.45, 7) is 0. The van der Waals surface area contributed by atoms with Crippen LogP contribution in [-0.4, -0.2) is 5.10 Å². The zero-order chi connectivity index (χ0) is 14.8. The molecule has 0 atom stereocenters. The number of H-pyrrole nitrogens is 1. The largest absolute Gasteiger partial charge is 0.251 e. The van der Waals surface area contributed by atoms with Crippen LogP contribution in [0.2, 0.25) is 5.02 Å². The summed E-state index contributed by atoms with van der Waals surface area (Å²) in [5, 5.41) is 4.00. The molecule has 3 aromatic rings. The number of halogens is 2. The lowest BCUT2D eigenvalue weighted by atomic mass is 10.1. The van der Waals surface area contributed by atoms with E-state index in [2.05, 4.69) is 45.3 Å². The fourth-order valence-corrected chi connectivity index (χ4v) is 3.48. The lowest BCUT2D eigenvalue weighted by molar-refractivity contribution is -0.717. The van der Waals surface area contributed by atoms with Crippen LogP contribution >= 0.6 is 39.3 Å². The number of nitrogens with zero attached hydrogens (tertiary/aromatic N) is 1. The molecule has 0 saturated heterocycles. The van der Waals surface area contributed by atoms with Gasteiger partial charge >= 0.3 is 0 Å². The molecule has 21 heavy (non-hydrogen) atoms. The molecule has 1 aromatic heterocycles. The minimum atomic E-state index is 0.757. The number of aromatic nitrogens is 2. The van der Waals surface area contributed by atoms with E-state index in [-0.39, 0.29) is 0 Å². The van der Waals surface area contributed by atoms with Gasteiger partial charge in [-0.3, -0.25) is 0 Å². The third kappa shape index (κ3) is 3.34. The zero-order valence-electron chi connectivity index (χ0n) is 11.3. The fourth-order valence-electron chi connectivity index (χ4n) is 2.10. The average Bonchev–Trinajstić information content (AvgIpc) is 2.83. The second-order valence-electron chi connectivity index (χ2n) is 4.61. The molecule has 0 saturated carbocycles. The lowest BCUT2D eigenvalue weighted by Gasteiger charge is -2.01. The van der Waals surface area contributed by atoms with Crippen LogP contribution in [-0.2, 0) is 7.05 Å². The number of rotatable bonds is 3. The highest BCUT2D eigenvalue weighted by molar-refractivity contribution is 9.10. The molecule has 0 aliphatic heterocycles. The van der Waals surface area contributed by atoms with Crippen molar-refractivity contribution in [2.75, 3.05) is 0 Å². The van der Waals surface area contributed by atoms with E-state index in [1.165, 1.54) is 16.2 Å². The van der Waals surface area contributed by atoms with Gasteiger partial charge in [0.15, 0.2) is 7.05 Å². The molecule has 2 aromatic carbocycles. The molecule has 1 N–H and O–H groups in total. The highest BCUT2D eigenvalue weighted by Crippen LogP contribution is 2.34. The third-order valence-corrected chi connectivity index (χ3v) is 4.94. The molecular weight excluding hydrogens is 368 g/mol. The summed E-state index contributed by atoms with van der Waals surface area (Å²) in [6, 6.07) is 16.2. The van der Waals surface area contributed by atoms with Crippen molar-refractivity contribution in [1.82, 2.24) is 5.10 Å². The molecule has 1 heterocycles. The van der Waals surface area contributed by atoms with E-state index in [0.717, 1.165) is 14.4 Å². The van der Waals surface area contributed by atoms with Crippen molar-refractivity contribution >= 4 is 39.3 Å². The second-order valence-corrected chi connectivity index (χ2v) is 7.08. The highest BCUT2D eigenvalue weighted by atomic mass is 79.9. The molecule has 0 unspecified atom stereocenters. The molecule has 0 amide bonds. The first-order chi connectivity index (χ1) is 10.1. The van der Waals surface area contributed by atoms with Crippen molar-refractivity contribution in [3.8, 4) is 11.3 Å². The van der Waals surface area contributed by atoms with Gasteiger partial charge in [0.1, 0.15) is 4.90 Å². The van der Waals surface area contributed by atoms with Gasteiger partial charge in [0.2, 0.25) is 0 Å². The number of aryl methyl sites for hydroxylation is 1. The molecule has 0 bridgehead atoms. The Hall–Kier alpha value is -1.23. The van der Waals surface area contributed by atoms with Gasteiger partial charge in [-0.1, -0.05) is 39.3 Å². The first kappa shape index (κ1) is 14.7. The molecule has 0 radical (unpaired) electrons. The Balaban J connectivity index is 1.97. The van der Waals surface area contributed by atoms with Crippen LogP contribution in [0.5, 0.6) is 0 Å². The number of hydrogen-bond acceptors (Lipinski definition) is 1.